The summed E-state index contributed by atoms with van der Waals surface area (Å²) in [6.07, 6.45) is 1.52. The number of carbonyl (C=O) groups is 1. The second kappa shape index (κ2) is 5.88. The first-order chi connectivity index (χ1) is 11.0. The molecule has 0 fully saturated rings. The molecule has 0 aliphatic carbocycles. The SMILES string of the molecule is C[C@H](N=C1NS(=O)(=O)c2ccccc21)C(=O)NCc1ccco1. The van der Waals surface area contributed by atoms with Crippen molar-refractivity contribution in [2.45, 2.75) is 24.4 Å². The monoisotopic (exact) mass is 333 g/mol. The maximum absolute atomic E-state index is 12.1. The lowest BCUT2D eigenvalue weighted by atomic mass is 10.2. The van der Waals surface area contributed by atoms with E-state index in [4.69, 9.17) is 4.42 Å². The summed E-state index contributed by atoms with van der Waals surface area (Å²) in [6.45, 7) is 1.85. The number of hydrogen-bond donors (Lipinski definition) is 2. The molecule has 1 amide bonds. The van der Waals surface area contributed by atoms with Crippen LogP contribution in [0.15, 0.2) is 57.0 Å². The van der Waals surface area contributed by atoms with E-state index in [2.05, 4.69) is 15.0 Å². The highest BCUT2D eigenvalue weighted by molar-refractivity contribution is 7.90. The van der Waals surface area contributed by atoms with Crippen molar-refractivity contribution >= 4 is 21.8 Å². The van der Waals surface area contributed by atoms with Crippen molar-refractivity contribution in [3.05, 3.63) is 54.0 Å². The molecule has 0 radical (unpaired) electrons. The standard InChI is InChI=1S/C15H15N3O4S/c1-10(15(19)16-9-11-5-4-8-22-11)17-14-12-6-2-3-7-13(12)23(20,21)18-14/h2-8,10H,9H2,1H3,(H,16,19)(H,17,18)/t10-/m0/s1. The first-order valence-electron chi connectivity index (χ1n) is 6.97. The van der Waals surface area contributed by atoms with Crippen molar-refractivity contribution in [1.29, 1.82) is 0 Å². The molecule has 2 N–H and O–H groups in total. The van der Waals surface area contributed by atoms with Gasteiger partial charge in [-0.2, -0.15) is 0 Å². The van der Waals surface area contributed by atoms with Crippen LogP contribution in [-0.2, 0) is 21.4 Å². The molecule has 0 unspecified atom stereocenters. The molecule has 3 rings (SSSR count). The van der Waals surface area contributed by atoms with Gasteiger partial charge in [0.1, 0.15) is 17.6 Å². The summed E-state index contributed by atoms with van der Waals surface area (Å²) in [7, 11) is -3.60. The molecule has 1 atom stereocenters. The minimum atomic E-state index is -3.60. The average molecular weight is 333 g/mol. The minimum absolute atomic E-state index is 0.168. The lowest BCUT2D eigenvalue weighted by Gasteiger charge is -2.08. The smallest absolute Gasteiger partial charge is 0.263 e. The molecule has 8 heteroatoms. The highest BCUT2D eigenvalue weighted by atomic mass is 32.2. The molecular weight excluding hydrogens is 318 g/mol. The topological polar surface area (TPSA) is 101 Å². The third-order valence-corrected chi connectivity index (χ3v) is 4.78. The summed E-state index contributed by atoms with van der Waals surface area (Å²) >= 11 is 0. The number of hydrogen-bond acceptors (Lipinski definition) is 5. The van der Waals surface area contributed by atoms with E-state index in [9.17, 15) is 13.2 Å². The molecule has 1 aromatic heterocycles. The number of nitrogens with one attached hydrogen (secondary N) is 2. The van der Waals surface area contributed by atoms with Crippen LogP contribution in [0.4, 0.5) is 0 Å². The molecule has 1 aliphatic rings. The quantitative estimate of drug-likeness (QED) is 0.872. The lowest BCUT2D eigenvalue weighted by Crippen LogP contribution is -2.33. The second-order valence-electron chi connectivity index (χ2n) is 5.05. The van der Waals surface area contributed by atoms with Gasteiger partial charge in [-0.15, -0.1) is 0 Å². The summed E-state index contributed by atoms with van der Waals surface area (Å²) in [5.41, 5.74) is 0.471. The van der Waals surface area contributed by atoms with Crippen LogP contribution in [-0.4, -0.2) is 26.2 Å². The van der Waals surface area contributed by atoms with Gasteiger partial charge in [0, 0.05) is 5.56 Å². The van der Waals surface area contributed by atoms with E-state index in [1.165, 1.54) is 12.3 Å². The summed E-state index contributed by atoms with van der Waals surface area (Å²) in [6, 6.07) is 9.25. The van der Waals surface area contributed by atoms with Crippen molar-refractivity contribution in [2.75, 3.05) is 0 Å². The lowest BCUT2D eigenvalue weighted by molar-refractivity contribution is -0.122. The van der Waals surface area contributed by atoms with Gasteiger partial charge in [-0.25, -0.2) is 8.42 Å². The minimum Gasteiger partial charge on any atom is -0.467 e. The van der Waals surface area contributed by atoms with E-state index < -0.39 is 16.1 Å². The van der Waals surface area contributed by atoms with Crippen LogP contribution < -0.4 is 10.0 Å². The molecule has 1 aliphatic heterocycles. The molecule has 1 aromatic carbocycles. The fourth-order valence-corrected chi connectivity index (χ4v) is 3.46. The molecule has 2 aromatic rings. The Morgan fingerprint density at radius 3 is 2.83 bits per heavy atom. The van der Waals surface area contributed by atoms with Crippen molar-refractivity contribution in [3.63, 3.8) is 0 Å². The average Bonchev–Trinajstić information content (AvgIpc) is 3.12. The normalized spacial score (nSPS) is 18.2. The van der Waals surface area contributed by atoms with Gasteiger partial charge in [0.25, 0.3) is 10.0 Å². The molecular formula is C15H15N3O4S. The highest BCUT2D eigenvalue weighted by Crippen LogP contribution is 2.22. The Morgan fingerprint density at radius 2 is 2.09 bits per heavy atom. The first kappa shape index (κ1) is 15.3. The Bertz CT molecular complexity index is 857. The maximum Gasteiger partial charge on any atom is 0.263 e. The van der Waals surface area contributed by atoms with E-state index in [1.54, 1.807) is 37.3 Å². The molecule has 0 spiro atoms. The third-order valence-electron chi connectivity index (χ3n) is 3.38. The van der Waals surface area contributed by atoms with Crippen LogP contribution in [0.2, 0.25) is 0 Å². The first-order valence-corrected chi connectivity index (χ1v) is 8.46. The van der Waals surface area contributed by atoms with Gasteiger partial charge < -0.3 is 9.73 Å². The molecule has 0 bridgehead atoms. The summed E-state index contributed by atoms with van der Waals surface area (Å²) in [4.78, 5) is 16.4. The highest BCUT2D eigenvalue weighted by Gasteiger charge is 2.31. The predicted molar refractivity (Wildman–Crippen MR) is 83.3 cm³/mol. The van der Waals surface area contributed by atoms with Gasteiger partial charge in [0.15, 0.2) is 0 Å². The number of nitrogens with zero attached hydrogens (tertiary/aromatic N) is 1. The van der Waals surface area contributed by atoms with Crippen molar-refractivity contribution < 1.29 is 17.6 Å². The van der Waals surface area contributed by atoms with Crippen molar-refractivity contribution in [2.24, 2.45) is 4.99 Å². The summed E-state index contributed by atoms with van der Waals surface area (Å²) in [5.74, 6) is 0.490. The number of sulfonamides is 1. The Hall–Kier alpha value is -2.61. The van der Waals surface area contributed by atoms with Crippen LogP contribution in [0.25, 0.3) is 0 Å². The van der Waals surface area contributed by atoms with Crippen molar-refractivity contribution in [1.82, 2.24) is 10.0 Å². The Morgan fingerprint density at radius 1 is 1.30 bits per heavy atom. The summed E-state index contributed by atoms with van der Waals surface area (Å²) in [5, 5.41) is 2.69. The zero-order valence-corrected chi connectivity index (χ0v) is 13.1. The molecule has 7 nitrogen and oxygen atoms in total. The van der Waals surface area contributed by atoms with Gasteiger partial charge >= 0.3 is 0 Å². The van der Waals surface area contributed by atoms with E-state index in [-0.39, 0.29) is 23.2 Å². The maximum atomic E-state index is 12.1. The zero-order chi connectivity index (χ0) is 16.4. The number of amidine groups is 1. The van der Waals surface area contributed by atoms with Gasteiger partial charge in [-0.1, -0.05) is 12.1 Å². The van der Waals surface area contributed by atoms with Crippen LogP contribution in [0.5, 0.6) is 0 Å². The number of carbonyl (C=O) groups excluding carboxylic acids is 1. The second-order valence-corrected chi connectivity index (χ2v) is 6.70. The Balaban J connectivity index is 1.75. The van der Waals surface area contributed by atoms with Crippen LogP contribution in [0.3, 0.4) is 0 Å². The molecule has 0 saturated carbocycles. The summed E-state index contributed by atoms with van der Waals surface area (Å²) < 4.78 is 31.5. The van der Waals surface area contributed by atoms with E-state index in [0.717, 1.165) is 0 Å². The van der Waals surface area contributed by atoms with Crippen molar-refractivity contribution in [3.8, 4) is 0 Å². The Kier molecular flexibility index (Phi) is 3.91. The predicted octanol–water partition coefficient (Wildman–Crippen LogP) is 1.02. The van der Waals surface area contributed by atoms with Gasteiger partial charge in [-0.3, -0.25) is 14.5 Å². The fraction of sp³-hybridized carbons (Fsp3) is 0.200. The number of rotatable bonds is 4. The van der Waals surface area contributed by atoms with Gasteiger partial charge in [0.2, 0.25) is 5.91 Å². The van der Waals surface area contributed by atoms with E-state index in [0.29, 0.717) is 11.3 Å². The number of fused-ring (bicyclic) bond motifs is 1. The van der Waals surface area contributed by atoms with Crippen LogP contribution >= 0.6 is 0 Å². The Labute approximate surface area is 133 Å². The molecule has 23 heavy (non-hydrogen) atoms. The fourth-order valence-electron chi connectivity index (χ4n) is 2.22. The molecule has 2 heterocycles. The van der Waals surface area contributed by atoms with Crippen LogP contribution in [0, 0.1) is 0 Å². The van der Waals surface area contributed by atoms with E-state index in [1.807, 2.05) is 0 Å². The third kappa shape index (κ3) is 3.11. The zero-order valence-electron chi connectivity index (χ0n) is 12.3. The molecule has 0 saturated heterocycles. The number of benzene rings is 1. The van der Waals surface area contributed by atoms with E-state index >= 15 is 0 Å². The molecule has 120 valence electrons. The number of amides is 1. The number of furan rings is 1. The van der Waals surface area contributed by atoms with Gasteiger partial charge in [0.05, 0.1) is 17.7 Å². The largest absolute Gasteiger partial charge is 0.467 e. The van der Waals surface area contributed by atoms with Gasteiger partial charge in [-0.05, 0) is 31.2 Å². The number of aliphatic imine (C=N–C) groups is 1. The van der Waals surface area contributed by atoms with Crippen LogP contribution in [0.1, 0.15) is 18.2 Å².